The van der Waals surface area contributed by atoms with Gasteiger partial charge >= 0.3 is 6.02 Å². The van der Waals surface area contributed by atoms with Gasteiger partial charge in [-0.2, -0.15) is 0 Å². The van der Waals surface area contributed by atoms with Gasteiger partial charge in [-0.25, -0.2) is 4.99 Å². The molecular weight excluding hydrogens is 374 g/mol. The van der Waals surface area contributed by atoms with Gasteiger partial charge < -0.3 is 9.64 Å². The van der Waals surface area contributed by atoms with Crippen LogP contribution in [0.4, 0.5) is 5.69 Å². The molecular formula is C25H31N3O2. The molecule has 1 fully saturated rings. The van der Waals surface area contributed by atoms with E-state index in [1.54, 1.807) is 11.0 Å². The Hall–Kier alpha value is -3.08. The highest BCUT2D eigenvalue weighted by Crippen LogP contribution is 2.22. The first-order valence-corrected chi connectivity index (χ1v) is 10.7. The molecule has 0 aliphatic carbocycles. The predicted octanol–water partition coefficient (Wildman–Crippen LogP) is 4.74. The summed E-state index contributed by atoms with van der Waals surface area (Å²) < 4.78 is 5.89. The molecule has 1 heterocycles. The molecule has 1 aliphatic rings. The third-order valence-electron chi connectivity index (χ3n) is 5.23. The summed E-state index contributed by atoms with van der Waals surface area (Å²) >= 11 is 0. The minimum atomic E-state index is -0.143. The van der Waals surface area contributed by atoms with E-state index in [4.69, 9.17) is 4.74 Å². The monoisotopic (exact) mass is 405 g/mol. The second kappa shape index (κ2) is 10.1. The van der Waals surface area contributed by atoms with Crippen molar-refractivity contribution in [3.05, 3.63) is 71.5 Å². The zero-order valence-corrected chi connectivity index (χ0v) is 18.3. The summed E-state index contributed by atoms with van der Waals surface area (Å²) in [5, 5.41) is 0. The summed E-state index contributed by atoms with van der Waals surface area (Å²) in [5.41, 5.74) is 3.32. The molecule has 0 saturated carbocycles. The fourth-order valence-corrected chi connectivity index (χ4v) is 3.59. The standard InChI is InChI=1S/C25H31N3O2/c1-5-27(6-2)22-15-13-21(14-16-22)18-23-24(29)28(7-3)25(30-23)26-19(4)17-20-11-9-8-10-12-20/h8-16,18-19H,5-7,17H2,1-4H3/b23-18+,26-25?. The Morgan fingerprint density at radius 3 is 2.30 bits per heavy atom. The van der Waals surface area contributed by atoms with Crippen molar-refractivity contribution in [3.8, 4) is 0 Å². The number of aliphatic imine (C=N–C) groups is 1. The molecule has 1 aliphatic heterocycles. The number of carbonyl (C=O) groups excluding carboxylic acids is 1. The van der Waals surface area contributed by atoms with Crippen molar-refractivity contribution in [1.29, 1.82) is 0 Å². The lowest BCUT2D eigenvalue weighted by Gasteiger charge is -2.20. The Kier molecular flexibility index (Phi) is 7.28. The van der Waals surface area contributed by atoms with E-state index < -0.39 is 0 Å². The molecule has 0 radical (unpaired) electrons. The van der Waals surface area contributed by atoms with Crippen LogP contribution in [0.1, 0.15) is 38.8 Å². The van der Waals surface area contributed by atoms with E-state index in [1.807, 2.05) is 44.2 Å². The Labute approximate surface area is 179 Å². The summed E-state index contributed by atoms with van der Waals surface area (Å²) in [4.78, 5) is 21.4. The molecule has 1 atom stereocenters. The predicted molar refractivity (Wildman–Crippen MR) is 123 cm³/mol. The molecule has 30 heavy (non-hydrogen) atoms. The van der Waals surface area contributed by atoms with E-state index in [0.717, 1.165) is 25.1 Å². The van der Waals surface area contributed by atoms with Gasteiger partial charge in [-0.15, -0.1) is 0 Å². The van der Waals surface area contributed by atoms with Crippen molar-refractivity contribution in [3.63, 3.8) is 0 Å². The van der Waals surface area contributed by atoms with Gasteiger partial charge in [0, 0.05) is 25.3 Å². The maximum absolute atomic E-state index is 12.8. The van der Waals surface area contributed by atoms with Crippen molar-refractivity contribution in [2.75, 3.05) is 24.5 Å². The van der Waals surface area contributed by atoms with Gasteiger partial charge in [0.1, 0.15) is 0 Å². The Bertz CT molecular complexity index is 900. The first-order valence-electron chi connectivity index (χ1n) is 10.7. The molecule has 0 spiro atoms. The molecule has 0 bridgehead atoms. The van der Waals surface area contributed by atoms with Crippen LogP contribution in [0.25, 0.3) is 6.08 Å². The number of amidine groups is 1. The van der Waals surface area contributed by atoms with Crippen LogP contribution in [0.3, 0.4) is 0 Å². The van der Waals surface area contributed by atoms with Crippen molar-refractivity contribution >= 4 is 23.7 Å². The second-order valence-corrected chi connectivity index (χ2v) is 7.37. The van der Waals surface area contributed by atoms with Crippen molar-refractivity contribution in [2.45, 2.75) is 40.2 Å². The van der Waals surface area contributed by atoms with Crippen LogP contribution in [-0.2, 0) is 16.0 Å². The number of amides is 1. The lowest BCUT2D eigenvalue weighted by Crippen LogP contribution is -2.30. The summed E-state index contributed by atoms with van der Waals surface area (Å²) in [7, 11) is 0. The van der Waals surface area contributed by atoms with E-state index in [-0.39, 0.29) is 11.9 Å². The minimum absolute atomic E-state index is 0.0111. The fourth-order valence-electron chi connectivity index (χ4n) is 3.59. The quantitative estimate of drug-likeness (QED) is 0.596. The van der Waals surface area contributed by atoms with Crippen molar-refractivity contribution in [2.24, 2.45) is 4.99 Å². The number of likely N-dealkylation sites (N-methyl/N-ethyl adjacent to an activating group) is 1. The third-order valence-corrected chi connectivity index (χ3v) is 5.23. The molecule has 158 valence electrons. The van der Waals surface area contributed by atoms with E-state index in [1.165, 1.54) is 11.3 Å². The maximum atomic E-state index is 12.8. The number of carbonyl (C=O) groups is 1. The topological polar surface area (TPSA) is 45.1 Å². The summed E-state index contributed by atoms with van der Waals surface area (Å²) in [6.45, 7) is 10.7. The van der Waals surface area contributed by atoms with Gasteiger partial charge in [0.05, 0.1) is 6.04 Å². The summed E-state index contributed by atoms with van der Waals surface area (Å²) in [5.74, 6) is 0.175. The van der Waals surface area contributed by atoms with Gasteiger partial charge in [0.2, 0.25) is 0 Å². The first-order chi connectivity index (χ1) is 14.5. The molecule has 5 heteroatoms. The summed E-state index contributed by atoms with van der Waals surface area (Å²) in [6.07, 6.45) is 2.59. The SMILES string of the molecule is CCN1C(=O)/C(=C\c2ccc(N(CC)CC)cc2)OC1=NC(C)Cc1ccccc1. The third kappa shape index (κ3) is 5.09. The number of ether oxygens (including phenoxy) is 1. The van der Waals surface area contributed by atoms with E-state index in [0.29, 0.717) is 18.3 Å². The molecule has 2 aromatic rings. The molecule has 0 N–H and O–H groups in total. The van der Waals surface area contributed by atoms with Crippen LogP contribution >= 0.6 is 0 Å². The Morgan fingerprint density at radius 1 is 1.03 bits per heavy atom. The number of benzene rings is 2. The Balaban J connectivity index is 1.76. The van der Waals surface area contributed by atoms with Gasteiger partial charge in [-0.3, -0.25) is 9.69 Å². The molecule has 0 aromatic heterocycles. The number of anilines is 1. The van der Waals surface area contributed by atoms with Gasteiger partial charge in [0.25, 0.3) is 5.91 Å². The van der Waals surface area contributed by atoms with Crippen LogP contribution in [0.15, 0.2) is 65.3 Å². The minimum Gasteiger partial charge on any atom is -0.420 e. The Morgan fingerprint density at radius 2 is 1.70 bits per heavy atom. The average Bonchev–Trinajstić information content (AvgIpc) is 3.04. The molecule has 5 nitrogen and oxygen atoms in total. The highest BCUT2D eigenvalue weighted by atomic mass is 16.5. The number of hydrogen-bond donors (Lipinski definition) is 0. The molecule has 2 aromatic carbocycles. The summed E-state index contributed by atoms with van der Waals surface area (Å²) in [6, 6.07) is 18.8. The number of hydrogen-bond acceptors (Lipinski definition) is 4. The average molecular weight is 406 g/mol. The maximum Gasteiger partial charge on any atom is 0.300 e. The largest absolute Gasteiger partial charge is 0.420 e. The number of rotatable bonds is 8. The van der Waals surface area contributed by atoms with Crippen molar-refractivity contribution in [1.82, 2.24) is 4.90 Å². The lowest BCUT2D eigenvalue weighted by atomic mass is 10.1. The van der Waals surface area contributed by atoms with E-state index >= 15 is 0 Å². The van der Waals surface area contributed by atoms with Gasteiger partial charge in [-0.1, -0.05) is 42.5 Å². The molecule has 1 amide bonds. The van der Waals surface area contributed by atoms with Crippen LogP contribution in [0.2, 0.25) is 0 Å². The second-order valence-electron chi connectivity index (χ2n) is 7.37. The molecule has 1 saturated heterocycles. The highest BCUT2D eigenvalue weighted by Gasteiger charge is 2.33. The highest BCUT2D eigenvalue weighted by molar-refractivity contribution is 6.11. The zero-order valence-electron chi connectivity index (χ0n) is 18.3. The van der Waals surface area contributed by atoms with Crippen LogP contribution < -0.4 is 4.90 Å². The zero-order chi connectivity index (χ0) is 21.5. The van der Waals surface area contributed by atoms with E-state index in [9.17, 15) is 4.79 Å². The van der Waals surface area contributed by atoms with Crippen LogP contribution in [0, 0.1) is 0 Å². The van der Waals surface area contributed by atoms with Gasteiger partial charge in [0.15, 0.2) is 5.76 Å². The molecule has 3 rings (SSSR count). The smallest absolute Gasteiger partial charge is 0.300 e. The van der Waals surface area contributed by atoms with Crippen molar-refractivity contribution < 1.29 is 9.53 Å². The van der Waals surface area contributed by atoms with Gasteiger partial charge in [-0.05, 0) is 63.5 Å². The number of nitrogens with zero attached hydrogens (tertiary/aromatic N) is 3. The van der Waals surface area contributed by atoms with Crippen LogP contribution in [-0.4, -0.2) is 42.5 Å². The molecule has 1 unspecified atom stereocenters. The lowest BCUT2D eigenvalue weighted by molar-refractivity contribution is -0.122. The van der Waals surface area contributed by atoms with E-state index in [2.05, 4.69) is 48.0 Å². The van der Waals surface area contributed by atoms with Crippen LogP contribution in [0.5, 0.6) is 0 Å². The first kappa shape index (κ1) is 21.6. The fraction of sp³-hybridized carbons (Fsp3) is 0.360. The normalized spacial score (nSPS) is 17.5.